The Morgan fingerprint density at radius 1 is 0.977 bits per heavy atom. The number of piperidine rings is 1. The van der Waals surface area contributed by atoms with Crippen LogP contribution in [0.3, 0.4) is 0 Å². The smallest absolute Gasteiger partial charge is 0.315 e. The second kappa shape index (κ2) is 11.7. The molecule has 1 aromatic rings. The molecule has 1 aromatic carbocycles. The first-order valence-corrected chi connectivity index (χ1v) is 16.3. The fraction of sp³-hybridized carbons (Fsp3) is 0.676. The van der Waals surface area contributed by atoms with E-state index >= 15 is 0 Å². The van der Waals surface area contributed by atoms with Gasteiger partial charge in [-0.05, 0) is 72.3 Å². The highest BCUT2D eigenvalue weighted by Gasteiger charge is 2.69. The number of carbonyl (C=O) groups is 5. The molecular formula is C34H46N4O5. The highest BCUT2D eigenvalue weighted by atomic mass is 16.2. The molecule has 3 saturated carbocycles. The van der Waals surface area contributed by atoms with Crippen molar-refractivity contribution in [2.45, 2.75) is 103 Å². The number of nitrogens with one attached hydrogen (secondary N) is 2. The molecule has 5 aliphatic rings. The van der Waals surface area contributed by atoms with E-state index in [1.54, 1.807) is 4.90 Å². The van der Waals surface area contributed by atoms with E-state index in [1.807, 2.05) is 12.1 Å². The summed E-state index contributed by atoms with van der Waals surface area (Å²) in [6.45, 7) is 4.70. The highest BCUT2D eigenvalue weighted by molar-refractivity contribution is 6.36. The van der Waals surface area contributed by atoms with Crippen molar-refractivity contribution in [3.05, 3.63) is 35.4 Å². The largest absolute Gasteiger partial charge is 0.363 e. The van der Waals surface area contributed by atoms with E-state index in [1.165, 1.54) is 17.5 Å². The molecule has 4 fully saturated rings. The Kier molecular flexibility index (Phi) is 8.11. The van der Waals surface area contributed by atoms with E-state index in [4.69, 9.17) is 5.73 Å². The lowest BCUT2D eigenvalue weighted by molar-refractivity contribution is -0.144. The summed E-state index contributed by atoms with van der Waals surface area (Å²) in [7, 11) is 0. The lowest BCUT2D eigenvalue weighted by Crippen LogP contribution is -2.58. The molecule has 1 saturated heterocycles. The molecule has 6 rings (SSSR count). The summed E-state index contributed by atoms with van der Waals surface area (Å²) in [6.07, 6.45) is 8.96. The van der Waals surface area contributed by atoms with Crippen molar-refractivity contribution in [1.29, 1.82) is 0 Å². The minimum atomic E-state index is -1.00. The standard InChI is InChI=1S/C34H46N4O5/c1-34(2)25-18-38(29(27(25)34)26(39)17-23(14-19-12-13-19)30(40)31(35)41)32(42)28(22-15-20-8-6-7-9-21(20)16-22)37-33(43)36-24-10-4-3-5-11-24/h6-9,19,22-25,27-29H,3-5,10-18H2,1-2H3,(H2,35,41)(H2,36,37,43)/t23?,25-,27-,28-,29+/m0/s1. The van der Waals surface area contributed by atoms with Crippen molar-refractivity contribution < 1.29 is 24.0 Å². The Balaban J connectivity index is 1.23. The molecule has 4 amide bonds. The summed E-state index contributed by atoms with van der Waals surface area (Å²) in [5.74, 6) is -2.45. The molecule has 0 spiro atoms. The van der Waals surface area contributed by atoms with Gasteiger partial charge in [0.05, 0.1) is 6.04 Å². The number of likely N-dealkylation sites (tertiary alicyclic amines) is 1. The van der Waals surface area contributed by atoms with Crippen LogP contribution in [-0.2, 0) is 32.0 Å². The van der Waals surface area contributed by atoms with E-state index < -0.39 is 29.7 Å². The first kappa shape index (κ1) is 29.8. The molecule has 0 aromatic heterocycles. The van der Waals surface area contributed by atoms with Crippen molar-refractivity contribution in [2.75, 3.05) is 6.54 Å². The fourth-order valence-corrected chi connectivity index (χ4v) is 8.49. The van der Waals surface area contributed by atoms with Gasteiger partial charge in [-0.15, -0.1) is 0 Å². The van der Waals surface area contributed by atoms with Gasteiger partial charge in [0, 0.05) is 24.9 Å². The zero-order valence-electron chi connectivity index (χ0n) is 25.5. The Morgan fingerprint density at radius 3 is 2.23 bits per heavy atom. The summed E-state index contributed by atoms with van der Waals surface area (Å²) in [4.78, 5) is 68.1. The molecule has 9 heteroatoms. The van der Waals surface area contributed by atoms with Crippen LogP contribution < -0.4 is 16.4 Å². The Hall–Kier alpha value is -3.23. The van der Waals surface area contributed by atoms with Gasteiger partial charge in [0.15, 0.2) is 5.78 Å². The zero-order valence-corrected chi connectivity index (χ0v) is 25.5. The minimum Gasteiger partial charge on any atom is -0.363 e. The van der Waals surface area contributed by atoms with Gasteiger partial charge in [0.25, 0.3) is 5.91 Å². The van der Waals surface area contributed by atoms with Crippen molar-refractivity contribution in [1.82, 2.24) is 15.5 Å². The lowest BCUT2D eigenvalue weighted by Gasteiger charge is -2.35. The minimum absolute atomic E-state index is 0.00769. The summed E-state index contributed by atoms with van der Waals surface area (Å²) in [5, 5.41) is 6.18. The number of nitrogens with zero attached hydrogens (tertiary/aromatic N) is 1. The zero-order chi connectivity index (χ0) is 30.5. The predicted molar refractivity (Wildman–Crippen MR) is 161 cm³/mol. The number of hydrogen-bond acceptors (Lipinski definition) is 5. The van der Waals surface area contributed by atoms with E-state index in [2.05, 4.69) is 36.6 Å². The molecule has 0 radical (unpaired) electrons. The van der Waals surface area contributed by atoms with Gasteiger partial charge in [-0.2, -0.15) is 0 Å². The van der Waals surface area contributed by atoms with Crippen molar-refractivity contribution in [3.8, 4) is 0 Å². The number of urea groups is 1. The summed E-state index contributed by atoms with van der Waals surface area (Å²) in [6, 6.07) is 6.47. The quantitative estimate of drug-likeness (QED) is 0.340. The first-order valence-electron chi connectivity index (χ1n) is 16.3. The SMILES string of the molecule is CC1(C)[C@@H]2[C@@H](C(=O)CC(CC3CC3)C(=O)C(N)=O)N(C(=O)[C@@H](NC(=O)NC3CCCCC3)C3Cc4ccccc4C3)C[C@@H]21. The molecule has 1 aliphatic heterocycles. The Bertz CT molecular complexity index is 1270. The number of Topliss-reactive ketones (excluding diaryl/α,β-unsaturated/α-hetero) is 2. The molecule has 1 heterocycles. The monoisotopic (exact) mass is 590 g/mol. The Labute approximate surface area is 254 Å². The molecule has 43 heavy (non-hydrogen) atoms. The van der Waals surface area contributed by atoms with Crippen LogP contribution in [0.5, 0.6) is 0 Å². The topological polar surface area (TPSA) is 139 Å². The van der Waals surface area contributed by atoms with Crippen LogP contribution in [0, 0.1) is 35.0 Å². The summed E-state index contributed by atoms with van der Waals surface area (Å²) < 4.78 is 0. The third-order valence-electron chi connectivity index (χ3n) is 11.2. The average molecular weight is 591 g/mol. The van der Waals surface area contributed by atoms with Gasteiger partial charge in [0.1, 0.15) is 6.04 Å². The molecule has 4 aliphatic carbocycles. The third kappa shape index (κ3) is 6.09. The Morgan fingerprint density at radius 2 is 1.63 bits per heavy atom. The van der Waals surface area contributed by atoms with Crippen LogP contribution in [0.2, 0.25) is 0 Å². The number of benzene rings is 1. The van der Waals surface area contributed by atoms with Gasteiger partial charge in [-0.1, -0.05) is 70.2 Å². The van der Waals surface area contributed by atoms with E-state index in [0.717, 1.165) is 38.5 Å². The van der Waals surface area contributed by atoms with E-state index in [0.29, 0.717) is 31.7 Å². The maximum absolute atomic E-state index is 14.5. The second-order valence-corrected chi connectivity index (χ2v) is 14.5. The van der Waals surface area contributed by atoms with Crippen LogP contribution in [0.1, 0.15) is 82.8 Å². The molecule has 0 bridgehead atoms. The van der Waals surface area contributed by atoms with Gasteiger partial charge < -0.3 is 21.3 Å². The number of ketones is 2. The van der Waals surface area contributed by atoms with Crippen molar-refractivity contribution in [2.24, 2.45) is 40.7 Å². The number of amides is 4. The van der Waals surface area contributed by atoms with Crippen LogP contribution in [0.4, 0.5) is 4.79 Å². The van der Waals surface area contributed by atoms with E-state index in [9.17, 15) is 24.0 Å². The summed E-state index contributed by atoms with van der Waals surface area (Å²) in [5.41, 5.74) is 7.64. The molecule has 4 N–H and O–H groups in total. The number of rotatable bonds is 11. The van der Waals surface area contributed by atoms with Crippen LogP contribution >= 0.6 is 0 Å². The summed E-state index contributed by atoms with van der Waals surface area (Å²) >= 11 is 0. The van der Waals surface area contributed by atoms with Crippen LogP contribution in [0.25, 0.3) is 0 Å². The molecule has 232 valence electrons. The number of carbonyl (C=O) groups excluding carboxylic acids is 5. The normalized spacial score (nSPS) is 27.5. The van der Waals surface area contributed by atoms with Crippen molar-refractivity contribution >= 4 is 29.4 Å². The molecular weight excluding hydrogens is 544 g/mol. The van der Waals surface area contributed by atoms with Crippen molar-refractivity contribution in [3.63, 3.8) is 0 Å². The van der Waals surface area contributed by atoms with E-state index in [-0.39, 0.29) is 53.4 Å². The second-order valence-electron chi connectivity index (χ2n) is 14.5. The van der Waals surface area contributed by atoms with Gasteiger partial charge in [-0.3, -0.25) is 19.2 Å². The third-order valence-corrected chi connectivity index (χ3v) is 11.2. The van der Waals surface area contributed by atoms with Crippen LogP contribution in [0.15, 0.2) is 24.3 Å². The van der Waals surface area contributed by atoms with Crippen LogP contribution in [-0.4, -0.2) is 59.0 Å². The highest BCUT2D eigenvalue weighted by Crippen LogP contribution is 2.65. The predicted octanol–water partition coefficient (Wildman–Crippen LogP) is 3.31. The molecule has 1 unspecified atom stereocenters. The number of fused-ring (bicyclic) bond motifs is 2. The number of nitrogens with two attached hydrogens (primary N) is 1. The number of primary amides is 1. The molecule has 5 atom stereocenters. The fourth-order valence-electron chi connectivity index (χ4n) is 8.49. The average Bonchev–Trinajstić information content (AvgIpc) is 3.73. The maximum atomic E-state index is 14.5. The lowest BCUT2D eigenvalue weighted by atomic mass is 9.86. The van der Waals surface area contributed by atoms with Gasteiger partial charge >= 0.3 is 6.03 Å². The van der Waals surface area contributed by atoms with Gasteiger partial charge in [-0.25, -0.2) is 4.79 Å². The van der Waals surface area contributed by atoms with Gasteiger partial charge in [0.2, 0.25) is 11.7 Å². The molecule has 9 nitrogen and oxygen atoms in total. The number of hydrogen-bond donors (Lipinski definition) is 3. The first-order chi connectivity index (χ1) is 20.5. The maximum Gasteiger partial charge on any atom is 0.315 e.